The summed E-state index contributed by atoms with van der Waals surface area (Å²) in [5, 5.41) is 0. The van der Waals surface area contributed by atoms with Gasteiger partial charge in [0.15, 0.2) is 9.84 Å². The minimum atomic E-state index is -3.51. The van der Waals surface area contributed by atoms with Crippen LogP contribution >= 0.6 is 0 Å². The first-order valence-corrected chi connectivity index (χ1v) is 11.3. The van der Waals surface area contributed by atoms with Gasteiger partial charge in [0.1, 0.15) is 23.9 Å². The van der Waals surface area contributed by atoms with E-state index in [1.54, 1.807) is 35.4 Å². The second-order valence-corrected chi connectivity index (χ2v) is 9.57. The number of likely N-dealkylation sites (tertiary alicyclic amines) is 1. The van der Waals surface area contributed by atoms with Crippen molar-refractivity contribution in [1.29, 1.82) is 0 Å². The first kappa shape index (κ1) is 20.4. The summed E-state index contributed by atoms with van der Waals surface area (Å²) in [5.74, 6) is 0.999. The summed E-state index contributed by atoms with van der Waals surface area (Å²) in [6, 6.07) is 6.92. The maximum absolute atomic E-state index is 12.4. The SMILES string of the molecule is C[C@@H]1CCCN(C(=O)CS(=O)(=O)Cc2ccc(OCc3nccn3C)cc2)C1. The number of aromatic nitrogens is 2. The summed E-state index contributed by atoms with van der Waals surface area (Å²) < 4.78 is 32.4. The van der Waals surface area contributed by atoms with E-state index in [-0.39, 0.29) is 11.7 Å². The molecule has 0 saturated carbocycles. The van der Waals surface area contributed by atoms with Gasteiger partial charge in [-0.1, -0.05) is 19.1 Å². The fraction of sp³-hybridized carbons (Fsp3) is 0.500. The summed E-state index contributed by atoms with van der Waals surface area (Å²) in [4.78, 5) is 18.2. The van der Waals surface area contributed by atoms with Crippen LogP contribution in [0.15, 0.2) is 36.7 Å². The lowest BCUT2D eigenvalue weighted by atomic mass is 10.0. The normalized spacial score (nSPS) is 17.5. The van der Waals surface area contributed by atoms with E-state index < -0.39 is 15.6 Å². The van der Waals surface area contributed by atoms with E-state index in [9.17, 15) is 13.2 Å². The maximum atomic E-state index is 12.4. The fourth-order valence-electron chi connectivity index (χ4n) is 3.37. The van der Waals surface area contributed by atoms with Crippen molar-refractivity contribution in [3.8, 4) is 5.75 Å². The van der Waals surface area contributed by atoms with Gasteiger partial charge in [-0.25, -0.2) is 13.4 Å². The molecular weight excluding hydrogens is 378 g/mol. The Bertz CT molecular complexity index is 906. The minimum Gasteiger partial charge on any atom is -0.486 e. The van der Waals surface area contributed by atoms with Crippen LogP contribution in [-0.4, -0.2) is 47.6 Å². The summed E-state index contributed by atoms with van der Waals surface area (Å²) in [6.45, 7) is 3.73. The Morgan fingerprint density at radius 3 is 2.68 bits per heavy atom. The highest BCUT2D eigenvalue weighted by atomic mass is 32.2. The van der Waals surface area contributed by atoms with Crippen LogP contribution in [0.4, 0.5) is 0 Å². The third kappa shape index (κ3) is 5.58. The molecule has 1 aliphatic rings. The molecule has 0 aliphatic carbocycles. The molecule has 1 saturated heterocycles. The fourth-order valence-corrected chi connectivity index (χ4v) is 4.73. The number of hydrogen-bond donors (Lipinski definition) is 0. The Hall–Kier alpha value is -2.35. The van der Waals surface area contributed by atoms with Crippen molar-refractivity contribution < 1.29 is 17.9 Å². The first-order chi connectivity index (χ1) is 13.3. The molecule has 28 heavy (non-hydrogen) atoms. The van der Waals surface area contributed by atoms with E-state index in [2.05, 4.69) is 11.9 Å². The molecule has 8 heteroatoms. The third-order valence-electron chi connectivity index (χ3n) is 4.95. The third-order valence-corrected chi connectivity index (χ3v) is 6.41. The predicted molar refractivity (Wildman–Crippen MR) is 106 cm³/mol. The van der Waals surface area contributed by atoms with Gasteiger partial charge in [0, 0.05) is 32.5 Å². The van der Waals surface area contributed by atoms with Crippen LogP contribution in [0.1, 0.15) is 31.2 Å². The van der Waals surface area contributed by atoms with E-state index in [4.69, 9.17) is 4.74 Å². The van der Waals surface area contributed by atoms with Gasteiger partial charge in [-0.2, -0.15) is 0 Å². The van der Waals surface area contributed by atoms with E-state index in [0.717, 1.165) is 18.7 Å². The number of sulfone groups is 1. The first-order valence-electron chi connectivity index (χ1n) is 9.48. The van der Waals surface area contributed by atoms with Gasteiger partial charge in [0.2, 0.25) is 5.91 Å². The molecule has 152 valence electrons. The maximum Gasteiger partial charge on any atom is 0.237 e. The van der Waals surface area contributed by atoms with Crippen LogP contribution in [0.3, 0.4) is 0 Å². The molecule has 2 aromatic rings. The van der Waals surface area contributed by atoms with Crippen molar-refractivity contribution in [3.63, 3.8) is 0 Å². The van der Waals surface area contributed by atoms with E-state index in [1.165, 1.54) is 0 Å². The van der Waals surface area contributed by atoms with Crippen LogP contribution < -0.4 is 4.74 Å². The predicted octanol–water partition coefficient (Wildman–Crippen LogP) is 2.17. The zero-order valence-corrected chi connectivity index (χ0v) is 17.2. The largest absolute Gasteiger partial charge is 0.486 e. The van der Waals surface area contributed by atoms with Gasteiger partial charge in [-0.05, 0) is 36.5 Å². The topological polar surface area (TPSA) is 81.5 Å². The summed E-state index contributed by atoms with van der Waals surface area (Å²) in [5.41, 5.74) is 0.643. The number of carbonyl (C=O) groups is 1. The van der Waals surface area contributed by atoms with Crippen LogP contribution in [0.5, 0.6) is 5.75 Å². The number of amides is 1. The molecule has 3 rings (SSSR count). The number of benzene rings is 1. The van der Waals surface area contributed by atoms with Gasteiger partial charge in [-0.3, -0.25) is 4.79 Å². The number of ether oxygens (including phenoxy) is 1. The van der Waals surface area contributed by atoms with Crippen LogP contribution in [-0.2, 0) is 34.0 Å². The lowest BCUT2D eigenvalue weighted by Crippen LogP contribution is -2.42. The number of imidazole rings is 1. The van der Waals surface area contributed by atoms with E-state index >= 15 is 0 Å². The molecule has 1 fully saturated rings. The second kappa shape index (κ2) is 8.77. The van der Waals surface area contributed by atoms with Gasteiger partial charge < -0.3 is 14.2 Å². The summed E-state index contributed by atoms with van der Waals surface area (Å²) >= 11 is 0. The molecule has 2 heterocycles. The molecular formula is C20H27N3O4S. The van der Waals surface area contributed by atoms with Gasteiger partial charge >= 0.3 is 0 Å². The molecule has 0 spiro atoms. The zero-order valence-electron chi connectivity index (χ0n) is 16.4. The highest BCUT2D eigenvalue weighted by Crippen LogP contribution is 2.18. The van der Waals surface area contributed by atoms with E-state index in [0.29, 0.717) is 36.9 Å². The Kier molecular flexibility index (Phi) is 6.39. The molecule has 1 aromatic carbocycles. The highest BCUT2D eigenvalue weighted by molar-refractivity contribution is 7.91. The van der Waals surface area contributed by atoms with Gasteiger partial charge in [0.05, 0.1) is 5.75 Å². The standard InChI is InChI=1S/C20H27N3O4S/c1-16-4-3-10-23(12-16)20(24)15-28(25,26)14-17-5-7-18(8-6-17)27-13-19-21-9-11-22(19)2/h5-9,11,16H,3-4,10,12-15H2,1-2H3/t16-/m1/s1. The number of hydrogen-bond acceptors (Lipinski definition) is 5. The number of carbonyl (C=O) groups excluding carboxylic acids is 1. The lowest BCUT2D eigenvalue weighted by molar-refractivity contribution is -0.130. The average Bonchev–Trinajstić information content (AvgIpc) is 3.05. The summed E-state index contributed by atoms with van der Waals surface area (Å²) in [7, 11) is -1.62. The summed E-state index contributed by atoms with van der Waals surface area (Å²) in [6.07, 6.45) is 5.58. The molecule has 1 atom stereocenters. The zero-order chi connectivity index (χ0) is 20.1. The van der Waals surface area contributed by atoms with Crippen LogP contribution in [0, 0.1) is 5.92 Å². The van der Waals surface area contributed by atoms with Crippen molar-refractivity contribution in [3.05, 3.63) is 48.0 Å². The van der Waals surface area contributed by atoms with E-state index in [1.807, 2.05) is 17.8 Å². The molecule has 1 aromatic heterocycles. The van der Waals surface area contributed by atoms with Gasteiger partial charge in [-0.15, -0.1) is 0 Å². The van der Waals surface area contributed by atoms with Crippen molar-refractivity contribution in [1.82, 2.24) is 14.5 Å². The van der Waals surface area contributed by atoms with Crippen molar-refractivity contribution >= 4 is 15.7 Å². The second-order valence-electron chi connectivity index (χ2n) is 7.51. The Morgan fingerprint density at radius 1 is 1.29 bits per heavy atom. The van der Waals surface area contributed by atoms with Crippen molar-refractivity contribution in [2.45, 2.75) is 32.1 Å². The molecule has 1 amide bonds. The quantitative estimate of drug-likeness (QED) is 0.705. The number of aryl methyl sites for hydroxylation is 1. The smallest absolute Gasteiger partial charge is 0.237 e. The molecule has 0 radical (unpaired) electrons. The lowest BCUT2D eigenvalue weighted by Gasteiger charge is -2.30. The Morgan fingerprint density at radius 2 is 2.04 bits per heavy atom. The number of nitrogens with zero attached hydrogens (tertiary/aromatic N) is 3. The monoisotopic (exact) mass is 405 g/mol. The molecule has 0 bridgehead atoms. The minimum absolute atomic E-state index is 0.151. The Balaban J connectivity index is 1.53. The number of rotatable bonds is 7. The molecule has 7 nitrogen and oxygen atoms in total. The molecule has 0 unspecified atom stereocenters. The molecule has 1 aliphatic heterocycles. The van der Waals surface area contributed by atoms with Gasteiger partial charge in [0.25, 0.3) is 0 Å². The number of piperidine rings is 1. The highest BCUT2D eigenvalue weighted by Gasteiger charge is 2.25. The van der Waals surface area contributed by atoms with Crippen molar-refractivity contribution in [2.75, 3.05) is 18.8 Å². The Labute approximate surface area is 166 Å². The van der Waals surface area contributed by atoms with Crippen LogP contribution in [0.2, 0.25) is 0 Å². The molecule has 0 N–H and O–H groups in total. The average molecular weight is 406 g/mol. The van der Waals surface area contributed by atoms with Crippen LogP contribution in [0.25, 0.3) is 0 Å². The van der Waals surface area contributed by atoms with Crippen molar-refractivity contribution in [2.24, 2.45) is 13.0 Å².